The normalized spacial score (nSPS) is 10.7. The summed E-state index contributed by atoms with van der Waals surface area (Å²) in [6.07, 6.45) is 5.40. The number of methoxy groups -OCH3 is 1. The Hall–Kier alpha value is -2.03. The van der Waals surface area contributed by atoms with E-state index in [2.05, 4.69) is 43.1 Å². The van der Waals surface area contributed by atoms with Crippen LogP contribution in [0.2, 0.25) is 0 Å². The molecule has 2 aromatic rings. The smallest absolute Gasteiger partial charge is 0.212 e. The van der Waals surface area contributed by atoms with E-state index in [-0.39, 0.29) is 0 Å². The highest BCUT2D eigenvalue weighted by Gasteiger charge is 2.05. The van der Waals surface area contributed by atoms with Gasteiger partial charge in [-0.15, -0.1) is 0 Å². The number of rotatable bonds is 8. The van der Waals surface area contributed by atoms with E-state index in [1.165, 1.54) is 18.4 Å². The van der Waals surface area contributed by atoms with E-state index in [4.69, 9.17) is 9.47 Å². The summed E-state index contributed by atoms with van der Waals surface area (Å²) < 4.78 is 10.8. The van der Waals surface area contributed by atoms with Gasteiger partial charge in [-0.2, -0.15) is 0 Å². The van der Waals surface area contributed by atoms with Crippen molar-refractivity contribution in [2.24, 2.45) is 5.92 Å². The first-order chi connectivity index (χ1) is 10.7. The van der Waals surface area contributed by atoms with E-state index in [1.807, 2.05) is 12.1 Å². The summed E-state index contributed by atoms with van der Waals surface area (Å²) in [5, 5.41) is 0. The largest absolute Gasteiger partial charge is 0.489 e. The first-order valence-corrected chi connectivity index (χ1v) is 7.95. The molecule has 0 fully saturated rings. The van der Waals surface area contributed by atoms with E-state index in [0.29, 0.717) is 12.5 Å². The Kier molecular flexibility index (Phi) is 6.26. The minimum absolute atomic E-state index is 0.517. The fourth-order valence-corrected chi connectivity index (χ4v) is 2.42. The maximum absolute atomic E-state index is 5.80. The topological polar surface area (TPSA) is 31.4 Å². The summed E-state index contributed by atoms with van der Waals surface area (Å²) in [4.78, 5) is 4.17. The minimum atomic E-state index is 0.517. The summed E-state index contributed by atoms with van der Waals surface area (Å²) in [7, 11) is 1.61. The molecule has 0 saturated heterocycles. The Balaban J connectivity index is 1.87. The summed E-state index contributed by atoms with van der Waals surface area (Å²) in [5.74, 6) is 2.29. The van der Waals surface area contributed by atoms with Crippen LogP contribution in [0.15, 0.2) is 42.6 Å². The predicted octanol–water partition coefficient (Wildman–Crippen LogP) is 4.65. The van der Waals surface area contributed by atoms with Gasteiger partial charge in [-0.05, 0) is 36.1 Å². The van der Waals surface area contributed by atoms with Crippen molar-refractivity contribution in [3.05, 3.63) is 53.7 Å². The zero-order valence-electron chi connectivity index (χ0n) is 13.7. The molecule has 0 bridgehead atoms. The first kappa shape index (κ1) is 16.3. The fraction of sp³-hybridized carbons (Fsp3) is 0.421. The highest BCUT2D eigenvalue weighted by Crippen LogP contribution is 2.19. The second kappa shape index (κ2) is 8.42. The van der Waals surface area contributed by atoms with Crippen molar-refractivity contribution in [3.8, 4) is 11.6 Å². The second-order valence-electron chi connectivity index (χ2n) is 5.53. The van der Waals surface area contributed by atoms with Crippen LogP contribution in [0.4, 0.5) is 0 Å². The molecule has 0 saturated carbocycles. The zero-order chi connectivity index (χ0) is 15.8. The minimum Gasteiger partial charge on any atom is -0.489 e. The van der Waals surface area contributed by atoms with E-state index in [0.717, 1.165) is 23.7 Å². The molecule has 1 aromatic heterocycles. The van der Waals surface area contributed by atoms with Crippen LogP contribution in [0.5, 0.6) is 11.6 Å². The van der Waals surface area contributed by atoms with Crippen LogP contribution in [-0.2, 0) is 13.0 Å². The number of ether oxygens (including phenoxy) is 2. The Morgan fingerprint density at radius 2 is 1.64 bits per heavy atom. The first-order valence-electron chi connectivity index (χ1n) is 7.95. The van der Waals surface area contributed by atoms with Gasteiger partial charge in [-0.3, -0.25) is 0 Å². The van der Waals surface area contributed by atoms with Gasteiger partial charge in [0.2, 0.25) is 5.88 Å². The molecule has 0 radical (unpaired) electrons. The van der Waals surface area contributed by atoms with Gasteiger partial charge < -0.3 is 9.47 Å². The van der Waals surface area contributed by atoms with Gasteiger partial charge in [0, 0.05) is 17.8 Å². The van der Waals surface area contributed by atoms with Crippen LogP contribution in [-0.4, -0.2) is 12.1 Å². The quantitative estimate of drug-likeness (QED) is 0.711. The maximum atomic E-state index is 5.80. The molecule has 0 aliphatic heterocycles. The van der Waals surface area contributed by atoms with Crippen LogP contribution in [0.25, 0.3) is 0 Å². The van der Waals surface area contributed by atoms with Crippen LogP contribution in [0.3, 0.4) is 0 Å². The number of aromatic nitrogens is 1. The second-order valence-corrected chi connectivity index (χ2v) is 5.53. The monoisotopic (exact) mass is 299 g/mol. The molecule has 0 unspecified atom stereocenters. The van der Waals surface area contributed by atoms with Gasteiger partial charge in [-0.1, -0.05) is 38.8 Å². The van der Waals surface area contributed by atoms with Crippen LogP contribution >= 0.6 is 0 Å². The third-order valence-corrected chi connectivity index (χ3v) is 4.01. The molecule has 1 aromatic carbocycles. The molecule has 3 nitrogen and oxygen atoms in total. The lowest BCUT2D eigenvalue weighted by atomic mass is 9.95. The lowest BCUT2D eigenvalue weighted by Gasteiger charge is -2.12. The summed E-state index contributed by atoms with van der Waals surface area (Å²) in [5.41, 5.74) is 2.41. The van der Waals surface area contributed by atoms with E-state index >= 15 is 0 Å². The summed E-state index contributed by atoms with van der Waals surface area (Å²) in [6.45, 7) is 5.03. The summed E-state index contributed by atoms with van der Waals surface area (Å²) in [6, 6.07) is 12.2. The van der Waals surface area contributed by atoms with Crippen molar-refractivity contribution in [1.29, 1.82) is 0 Å². The molecule has 22 heavy (non-hydrogen) atoms. The summed E-state index contributed by atoms with van der Waals surface area (Å²) >= 11 is 0. The molecule has 0 atom stereocenters. The third kappa shape index (κ3) is 4.76. The van der Waals surface area contributed by atoms with Gasteiger partial charge in [0.05, 0.1) is 7.11 Å². The molecular formula is C19H25NO2. The Morgan fingerprint density at radius 1 is 0.955 bits per heavy atom. The highest BCUT2D eigenvalue weighted by atomic mass is 16.5. The van der Waals surface area contributed by atoms with Gasteiger partial charge >= 0.3 is 0 Å². The van der Waals surface area contributed by atoms with Gasteiger partial charge in [0.15, 0.2) is 0 Å². The molecule has 1 heterocycles. The van der Waals surface area contributed by atoms with Crippen LogP contribution < -0.4 is 9.47 Å². The van der Waals surface area contributed by atoms with Crippen molar-refractivity contribution in [1.82, 2.24) is 4.98 Å². The third-order valence-electron chi connectivity index (χ3n) is 4.01. The lowest BCUT2D eigenvalue weighted by molar-refractivity contribution is 0.305. The SMILES string of the molecule is CCC(CC)Cc1ccc(OCc2ccc(OC)nc2)cc1. The maximum Gasteiger partial charge on any atom is 0.212 e. The lowest BCUT2D eigenvalue weighted by Crippen LogP contribution is -2.01. The van der Waals surface area contributed by atoms with Crippen LogP contribution in [0.1, 0.15) is 37.8 Å². The van der Waals surface area contributed by atoms with Gasteiger partial charge in [0.25, 0.3) is 0 Å². The molecule has 0 amide bonds. The van der Waals surface area contributed by atoms with Crippen molar-refractivity contribution in [2.45, 2.75) is 39.7 Å². The van der Waals surface area contributed by atoms with Gasteiger partial charge in [-0.25, -0.2) is 4.98 Å². The van der Waals surface area contributed by atoms with Crippen molar-refractivity contribution >= 4 is 0 Å². The predicted molar refractivity (Wildman–Crippen MR) is 89.3 cm³/mol. The van der Waals surface area contributed by atoms with Crippen molar-refractivity contribution < 1.29 is 9.47 Å². The van der Waals surface area contributed by atoms with Crippen molar-refractivity contribution in [3.63, 3.8) is 0 Å². The molecule has 0 N–H and O–H groups in total. The van der Waals surface area contributed by atoms with E-state index in [9.17, 15) is 0 Å². The molecule has 118 valence electrons. The van der Waals surface area contributed by atoms with Gasteiger partial charge in [0.1, 0.15) is 12.4 Å². The Bertz CT molecular complexity index is 545. The average Bonchev–Trinajstić information content (AvgIpc) is 2.59. The fourth-order valence-electron chi connectivity index (χ4n) is 2.42. The molecule has 0 aliphatic rings. The molecule has 2 rings (SSSR count). The Morgan fingerprint density at radius 3 is 2.18 bits per heavy atom. The van der Waals surface area contributed by atoms with Crippen molar-refractivity contribution in [2.75, 3.05) is 7.11 Å². The average molecular weight is 299 g/mol. The number of nitrogens with zero attached hydrogens (tertiary/aromatic N) is 1. The molecule has 0 aliphatic carbocycles. The number of hydrogen-bond acceptors (Lipinski definition) is 3. The standard InChI is InChI=1S/C19H25NO2/c1-4-15(5-2)12-16-6-9-18(10-7-16)22-14-17-8-11-19(21-3)20-13-17/h6-11,13,15H,4-5,12,14H2,1-3H3. The highest BCUT2D eigenvalue weighted by molar-refractivity contribution is 5.28. The zero-order valence-corrected chi connectivity index (χ0v) is 13.7. The van der Waals surface area contributed by atoms with E-state index < -0.39 is 0 Å². The number of hydrogen-bond donors (Lipinski definition) is 0. The molecular weight excluding hydrogens is 274 g/mol. The number of benzene rings is 1. The van der Waals surface area contributed by atoms with E-state index in [1.54, 1.807) is 13.3 Å². The Labute approximate surface area is 133 Å². The number of pyridine rings is 1. The molecule has 0 spiro atoms. The molecule has 3 heteroatoms. The van der Waals surface area contributed by atoms with Crippen LogP contribution in [0, 0.1) is 5.92 Å².